The van der Waals surface area contributed by atoms with Gasteiger partial charge in [0.05, 0.1) is 11.3 Å². The fraction of sp³-hybridized carbons (Fsp3) is 0.263. The van der Waals surface area contributed by atoms with Gasteiger partial charge in [0.2, 0.25) is 6.41 Å². The van der Waals surface area contributed by atoms with E-state index in [0.29, 0.717) is 36.4 Å². The Hall–Kier alpha value is -3.22. The molecule has 0 saturated carbocycles. The summed E-state index contributed by atoms with van der Waals surface area (Å²) >= 11 is 0. The Balaban J connectivity index is 1.79. The van der Waals surface area contributed by atoms with Gasteiger partial charge in [-0.1, -0.05) is 13.0 Å². The second-order valence-corrected chi connectivity index (χ2v) is 5.92. The van der Waals surface area contributed by atoms with Crippen LogP contribution in [0.5, 0.6) is 0 Å². The lowest BCUT2D eigenvalue weighted by molar-refractivity contribution is -0.107. The largest absolute Gasteiger partial charge is 0.352 e. The van der Waals surface area contributed by atoms with Crippen molar-refractivity contribution in [1.29, 1.82) is 0 Å². The highest BCUT2D eigenvalue weighted by Crippen LogP contribution is 2.22. The first-order chi connectivity index (χ1) is 12.6. The van der Waals surface area contributed by atoms with E-state index in [0.717, 1.165) is 17.8 Å². The van der Waals surface area contributed by atoms with E-state index < -0.39 is 0 Å². The summed E-state index contributed by atoms with van der Waals surface area (Å²) in [5.41, 5.74) is 2.96. The molecule has 3 heterocycles. The third-order valence-corrected chi connectivity index (χ3v) is 4.14. The molecule has 0 aliphatic carbocycles. The van der Waals surface area contributed by atoms with Gasteiger partial charge in [0.1, 0.15) is 11.5 Å². The highest BCUT2D eigenvalue weighted by molar-refractivity contribution is 5.94. The lowest BCUT2D eigenvalue weighted by Gasteiger charge is -2.12. The van der Waals surface area contributed by atoms with Gasteiger partial charge in [-0.2, -0.15) is 0 Å². The average molecular weight is 351 g/mol. The van der Waals surface area contributed by atoms with Gasteiger partial charge in [-0.3, -0.25) is 19.0 Å². The Kier molecular flexibility index (Phi) is 5.26. The van der Waals surface area contributed by atoms with E-state index in [1.807, 2.05) is 25.1 Å². The SMILES string of the molecule is CCc1nc2ccc(C(=O)NCCc3ccccn3)cn2c1N(C)C=O. The molecule has 3 aromatic rings. The van der Waals surface area contributed by atoms with E-state index >= 15 is 0 Å². The molecule has 0 aromatic carbocycles. The molecule has 0 spiro atoms. The molecule has 26 heavy (non-hydrogen) atoms. The molecule has 0 fully saturated rings. The molecule has 0 bridgehead atoms. The number of rotatable bonds is 7. The van der Waals surface area contributed by atoms with E-state index in [2.05, 4.69) is 15.3 Å². The molecule has 1 N–H and O–H groups in total. The quantitative estimate of drug-likeness (QED) is 0.659. The number of imidazole rings is 1. The minimum Gasteiger partial charge on any atom is -0.352 e. The molecule has 0 unspecified atom stereocenters. The third-order valence-electron chi connectivity index (χ3n) is 4.14. The van der Waals surface area contributed by atoms with Crippen LogP contribution in [0.2, 0.25) is 0 Å². The zero-order valence-corrected chi connectivity index (χ0v) is 14.8. The number of nitrogens with one attached hydrogen (secondary N) is 1. The Morgan fingerprint density at radius 1 is 1.31 bits per heavy atom. The first kappa shape index (κ1) is 17.6. The molecule has 3 aromatic heterocycles. The maximum atomic E-state index is 12.5. The van der Waals surface area contributed by atoms with Crippen LogP contribution in [0.3, 0.4) is 0 Å². The Bertz CT molecular complexity index is 920. The molecule has 0 saturated heterocycles. The molecular formula is C19H21N5O2. The summed E-state index contributed by atoms with van der Waals surface area (Å²) < 4.78 is 1.78. The second kappa shape index (κ2) is 7.77. The van der Waals surface area contributed by atoms with Gasteiger partial charge in [-0.15, -0.1) is 0 Å². The van der Waals surface area contributed by atoms with Crippen molar-refractivity contribution in [3.8, 4) is 0 Å². The monoisotopic (exact) mass is 351 g/mol. The van der Waals surface area contributed by atoms with Crippen LogP contribution in [0.4, 0.5) is 5.82 Å². The van der Waals surface area contributed by atoms with Gasteiger partial charge in [0.25, 0.3) is 5.91 Å². The van der Waals surface area contributed by atoms with Crippen LogP contribution in [-0.2, 0) is 17.6 Å². The standard InChI is InChI=1S/C19H21N5O2/c1-3-16-19(23(2)13-25)24-12-14(7-8-17(24)22-16)18(26)21-11-9-15-6-4-5-10-20-15/h4-8,10,12-13H,3,9,11H2,1-2H3,(H,21,26). The summed E-state index contributed by atoms with van der Waals surface area (Å²) in [5, 5.41) is 2.90. The zero-order valence-electron chi connectivity index (χ0n) is 14.8. The van der Waals surface area contributed by atoms with Crippen molar-refractivity contribution in [2.24, 2.45) is 0 Å². The van der Waals surface area contributed by atoms with Crippen molar-refractivity contribution in [3.63, 3.8) is 0 Å². The highest BCUT2D eigenvalue weighted by Gasteiger charge is 2.16. The van der Waals surface area contributed by atoms with Gasteiger partial charge >= 0.3 is 0 Å². The number of amides is 2. The molecule has 7 heteroatoms. The summed E-state index contributed by atoms with van der Waals surface area (Å²) in [7, 11) is 1.68. The van der Waals surface area contributed by atoms with Crippen LogP contribution in [0, 0.1) is 0 Å². The van der Waals surface area contributed by atoms with Crippen LogP contribution in [-0.4, -0.2) is 40.3 Å². The summed E-state index contributed by atoms with van der Waals surface area (Å²) in [5.74, 6) is 0.509. The maximum absolute atomic E-state index is 12.5. The number of carbonyl (C=O) groups excluding carboxylic acids is 2. The number of aryl methyl sites for hydroxylation is 1. The summed E-state index contributed by atoms with van der Waals surface area (Å²) in [6.07, 6.45) is 5.55. The van der Waals surface area contributed by atoms with Gasteiger partial charge < -0.3 is 10.2 Å². The number of hydrogen-bond donors (Lipinski definition) is 1. The first-order valence-electron chi connectivity index (χ1n) is 8.51. The first-order valence-corrected chi connectivity index (χ1v) is 8.51. The summed E-state index contributed by atoms with van der Waals surface area (Å²) in [4.78, 5) is 33.9. The Labute approximate surface area is 151 Å². The predicted molar refractivity (Wildman–Crippen MR) is 99.3 cm³/mol. The minimum atomic E-state index is -0.172. The van der Waals surface area contributed by atoms with Gasteiger partial charge in [0, 0.05) is 38.1 Å². The zero-order chi connectivity index (χ0) is 18.5. The van der Waals surface area contributed by atoms with E-state index in [4.69, 9.17) is 0 Å². The smallest absolute Gasteiger partial charge is 0.252 e. The van der Waals surface area contributed by atoms with E-state index in [9.17, 15) is 9.59 Å². The van der Waals surface area contributed by atoms with E-state index in [-0.39, 0.29) is 5.91 Å². The Morgan fingerprint density at radius 2 is 2.15 bits per heavy atom. The molecule has 2 amide bonds. The van der Waals surface area contributed by atoms with Crippen LogP contribution in [0.1, 0.15) is 28.7 Å². The number of aromatic nitrogens is 3. The predicted octanol–water partition coefficient (Wildman–Crippen LogP) is 1.86. The fourth-order valence-corrected chi connectivity index (χ4v) is 2.83. The number of hydrogen-bond acceptors (Lipinski definition) is 4. The molecular weight excluding hydrogens is 330 g/mol. The van der Waals surface area contributed by atoms with Crippen LogP contribution in [0.25, 0.3) is 5.65 Å². The second-order valence-electron chi connectivity index (χ2n) is 5.92. The van der Waals surface area contributed by atoms with Gasteiger partial charge in [0.15, 0.2) is 0 Å². The van der Waals surface area contributed by atoms with E-state index in [1.165, 1.54) is 4.90 Å². The normalized spacial score (nSPS) is 10.7. The molecule has 3 rings (SSSR count). The van der Waals surface area contributed by atoms with Gasteiger partial charge in [-0.25, -0.2) is 4.98 Å². The average Bonchev–Trinajstić information content (AvgIpc) is 3.05. The van der Waals surface area contributed by atoms with Crippen molar-refractivity contribution in [3.05, 3.63) is 59.7 Å². The van der Waals surface area contributed by atoms with Crippen LogP contribution >= 0.6 is 0 Å². The fourth-order valence-electron chi connectivity index (χ4n) is 2.83. The number of nitrogens with zero attached hydrogens (tertiary/aromatic N) is 4. The van der Waals surface area contributed by atoms with Crippen LogP contribution in [0.15, 0.2) is 42.7 Å². The van der Waals surface area contributed by atoms with Crippen molar-refractivity contribution in [2.75, 3.05) is 18.5 Å². The molecule has 0 atom stereocenters. The molecule has 0 radical (unpaired) electrons. The molecule has 0 aliphatic rings. The Morgan fingerprint density at radius 3 is 2.85 bits per heavy atom. The third kappa shape index (κ3) is 3.56. The molecule has 0 aliphatic heterocycles. The lowest BCUT2D eigenvalue weighted by atomic mass is 10.2. The van der Waals surface area contributed by atoms with Crippen molar-refractivity contribution < 1.29 is 9.59 Å². The topological polar surface area (TPSA) is 79.6 Å². The van der Waals surface area contributed by atoms with E-state index in [1.54, 1.807) is 36.0 Å². The highest BCUT2D eigenvalue weighted by atomic mass is 16.1. The number of fused-ring (bicyclic) bond motifs is 1. The number of pyridine rings is 2. The number of carbonyl (C=O) groups is 2. The van der Waals surface area contributed by atoms with Crippen molar-refractivity contribution in [1.82, 2.24) is 19.7 Å². The summed E-state index contributed by atoms with van der Waals surface area (Å²) in [6, 6.07) is 9.24. The van der Waals surface area contributed by atoms with Crippen LogP contribution < -0.4 is 10.2 Å². The maximum Gasteiger partial charge on any atom is 0.252 e. The van der Waals surface area contributed by atoms with Crippen molar-refractivity contribution >= 4 is 23.8 Å². The molecule has 134 valence electrons. The lowest BCUT2D eigenvalue weighted by Crippen LogP contribution is -2.26. The summed E-state index contributed by atoms with van der Waals surface area (Å²) in [6.45, 7) is 2.48. The molecule has 7 nitrogen and oxygen atoms in total. The van der Waals surface area contributed by atoms with Gasteiger partial charge in [-0.05, 0) is 30.7 Å². The minimum absolute atomic E-state index is 0.172. The number of anilines is 1. The van der Waals surface area contributed by atoms with Crippen molar-refractivity contribution in [2.45, 2.75) is 19.8 Å².